The number of aryl methyl sites for hydroxylation is 1. The maximum Gasteiger partial charge on any atom is 0.265 e. The first-order chi connectivity index (χ1) is 13.8. The first kappa shape index (κ1) is 19.2. The molecule has 0 saturated heterocycles. The SMILES string of the molecule is Cc1oc2ncn(Cc3nnn(C[C@H](O)c4ccc(Cl)s4)n3)c(=O)c2c1C(N)=O. The number of carbonyl (C=O) groups is 1. The summed E-state index contributed by atoms with van der Waals surface area (Å²) in [6.45, 7) is 1.57. The summed E-state index contributed by atoms with van der Waals surface area (Å²) >= 11 is 7.13. The van der Waals surface area contributed by atoms with E-state index in [0.717, 1.165) is 0 Å². The maximum atomic E-state index is 12.8. The van der Waals surface area contributed by atoms with Crippen LogP contribution in [0.15, 0.2) is 27.7 Å². The van der Waals surface area contributed by atoms with Crippen LogP contribution in [0.3, 0.4) is 0 Å². The summed E-state index contributed by atoms with van der Waals surface area (Å²) in [6, 6.07) is 3.41. The predicted octanol–water partition coefficient (Wildman–Crippen LogP) is 0.880. The van der Waals surface area contributed by atoms with Crippen LogP contribution in [-0.4, -0.2) is 40.8 Å². The van der Waals surface area contributed by atoms with Crippen molar-refractivity contribution in [2.45, 2.75) is 26.1 Å². The van der Waals surface area contributed by atoms with E-state index in [0.29, 0.717) is 9.21 Å². The molecule has 3 N–H and O–H groups in total. The Morgan fingerprint density at radius 1 is 1.45 bits per heavy atom. The second-order valence-electron chi connectivity index (χ2n) is 6.17. The predicted molar refractivity (Wildman–Crippen MR) is 103 cm³/mol. The number of thiophene rings is 1. The van der Waals surface area contributed by atoms with Crippen LogP contribution in [0.5, 0.6) is 0 Å². The third kappa shape index (κ3) is 3.64. The van der Waals surface area contributed by atoms with E-state index in [4.69, 9.17) is 21.8 Å². The highest BCUT2D eigenvalue weighted by Gasteiger charge is 2.21. The summed E-state index contributed by atoms with van der Waals surface area (Å²) in [6.07, 6.45) is 0.420. The molecule has 0 spiro atoms. The molecule has 4 aromatic heterocycles. The van der Waals surface area contributed by atoms with Gasteiger partial charge in [-0.15, -0.1) is 21.5 Å². The monoisotopic (exact) mass is 435 g/mol. The molecule has 150 valence electrons. The topological polar surface area (TPSA) is 155 Å². The minimum absolute atomic E-state index is 0.00111. The van der Waals surface area contributed by atoms with Crippen molar-refractivity contribution < 1.29 is 14.3 Å². The molecule has 0 radical (unpaired) electrons. The van der Waals surface area contributed by atoms with E-state index in [2.05, 4.69) is 20.4 Å². The Balaban J connectivity index is 1.58. The van der Waals surface area contributed by atoms with Crippen molar-refractivity contribution in [3.63, 3.8) is 0 Å². The molecule has 0 aliphatic rings. The van der Waals surface area contributed by atoms with Gasteiger partial charge < -0.3 is 15.3 Å². The van der Waals surface area contributed by atoms with Crippen LogP contribution in [-0.2, 0) is 13.1 Å². The van der Waals surface area contributed by atoms with E-state index in [1.165, 1.54) is 34.0 Å². The van der Waals surface area contributed by atoms with Crippen LogP contribution in [0.25, 0.3) is 11.1 Å². The fraction of sp³-hybridized carbons (Fsp3) is 0.250. The summed E-state index contributed by atoms with van der Waals surface area (Å²) in [5.74, 6) is -0.322. The van der Waals surface area contributed by atoms with Gasteiger partial charge >= 0.3 is 0 Å². The zero-order valence-corrected chi connectivity index (χ0v) is 16.5. The van der Waals surface area contributed by atoms with Gasteiger partial charge in [-0.1, -0.05) is 11.6 Å². The molecule has 0 bridgehead atoms. The Kier molecular flexibility index (Phi) is 4.90. The first-order valence-corrected chi connectivity index (χ1v) is 9.51. The van der Waals surface area contributed by atoms with Gasteiger partial charge in [-0.2, -0.15) is 4.80 Å². The fourth-order valence-electron chi connectivity index (χ4n) is 2.87. The standard InChI is InChI=1S/C16H14ClN7O4S/c1-7-12(14(18)26)13-15(28-7)19-6-23(16(13)27)5-11-20-22-24(21-11)4-8(25)9-2-3-10(17)29-9/h2-3,6,8,25H,4-5H2,1H3,(H2,18,26)/t8-/m0/s1. The highest BCUT2D eigenvalue weighted by molar-refractivity contribution is 7.16. The first-order valence-electron chi connectivity index (χ1n) is 8.32. The number of carbonyl (C=O) groups excluding carboxylic acids is 1. The molecular formula is C16H14ClN7O4S. The third-order valence-corrected chi connectivity index (χ3v) is 5.50. The summed E-state index contributed by atoms with van der Waals surface area (Å²) in [7, 11) is 0. The molecule has 0 aliphatic heterocycles. The summed E-state index contributed by atoms with van der Waals surface area (Å²) in [4.78, 5) is 30.4. The Bertz CT molecular complexity index is 1270. The Labute approximate surface area is 171 Å². The minimum atomic E-state index is -0.845. The van der Waals surface area contributed by atoms with Crippen molar-refractivity contribution in [1.82, 2.24) is 29.8 Å². The Morgan fingerprint density at radius 2 is 2.24 bits per heavy atom. The van der Waals surface area contributed by atoms with E-state index < -0.39 is 17.6 Å². The lowest BCUT2D eigenvalue weighted by Crippen LogP contribution is -2.24. The number of aliphatic hydroxyl groups is 1. The largest absolute Gasteiger partial charge is 0.442 e. The third-order valence-electron chi connectivity index (χ3n) is 4.17. The maximum absolute atomic E-state index is 12.8. The van der Waals surface area contributed by atoms with E-state index in [1.54, 1.807) is 12.1 Å². The molecule has 0 fully saturated rings. The highest BCUT2D eigenvalue weighted by atomic mass is 35.5. The summed E-state index contributed by atoms with van der Waals surface area (Å²) < 4.78 is 7.12. The number of tetrazole rings is 1. The normalized spacial score (nSPS) is 12.5. The zero-order valence-electron chi connectivity index (χ0n) is 14.9. The van der Waals surface area contributed by atoms with Gasteiger partial charge in [0.2, 0.25) is 5.71 Å². The Morgan fingerprint density at radius 3 is 2.93 bits per heavy atom. The Hall–Kier alpha value is -3.09. The van der Waals surface area contributed by atoms with Gasteiger partial charge in [0.05, 0.1) is 23.0 Å². The lowest BCUT2D eigenvalue weighted by Gasteiger charge is -2.06. The number of furan rings is 1. The van der Waals surface area contributed by atoms with Gasteiger partial charge in [-0.3, -0.25) is 14.2 Å². The van der Waals surface area contributed by atoms with Crippen LogP contribution in [0, 0.1) is 6.92 Å². The van der Waals surface area contributed by atoms with Crippen LogP contribution in [0.1, 0.15) is 32.9 Å². The average Bonchev–Trinajstić information content (AvgIpc) is 3.36. The van der Waals surface area contributed by atoms with Crippen molar-refractivity contribution in [3.8, 4) is 0 Å². The average molecular weight is 436 g/mol. The number of primary amides is 1. The second-order valence-corrected chi connectivity index (χ2v) is 7.92. The smallest absolute Gasteiger partial charge is 0.265 e. The van der Waals surface area contributed by atoms with Crippen molar-refractivity contribution in [1.29, 1.82) is 0 Å². The molecule has 1 amide bonds. The molecule has 4 aromatic rings. The fourth-order valence-corrected chi connectivity index (χ4v) is 3.91. The summed E-state index contributed by atoms with van der Waals surface area (Å²) in [5, 5.41) is 22.2. The van der Waals surface area contributed by atoms with E-state index in [1.807, 2.05) is 0 Å². The van der Waals surface area contributed by atoms with E-state index >= 15 is 0 Å². The van der Waals surface area contributed by atoms with Crippen LogP contribution in [0.2, 0.25) is 4.34 Å². The number of amides is 1. The zero-order chi connectivity index (χ0) is 20.7. The molecule has 4 rings (SSSR count). The number of rotatable bonds is 6. The van der Waals surface area contributed by atoms with Gasteiger partial charge in [0.1, 0.15) is 23.6 Å². The number of hydrogen-bond acceptors (Lipinski definition) is 9. The van der Waals surface area contributed by atoms with Gasteiger partial charge in [-0.05, 0) is 24.3 Å². The van der Waals surface area contributed by atoms with E-state index in [9.17, 15) is 14.7 Å². The van der Waals surface area contributed by atoms with Crippen molar-refractivity contribution in [2.24, 2.45) is 5.73 Å². The molecule has 4 heterocycles. The molecule has 11 nitrogen and oxygen atoms in total. The second kappa shape index (κ2) is 7.39. The molecule has 0 aliphatic carbocycles. The van der Waals surface area contributed by atoms with Crippen LogP contribution < -0.4 is 11.3 Å². The molecule has 0 unspecified atom stereocenters. The summed E-state index contributed by atoms with van der Waals surface area (Å²) in [5.41, 5.74) is 4.88. The highest BCUT2D eigenvalue weighted by Crippen LogP contribution is 2.27. The van der Waals surface area contributed by atoms with Crippen LogP contribution >= 0.6 is 22.9 Å². The number of halogens is 1. The molecule has 29 heavy (non-hydrogen) atoms. The number of fused-ring (bicyclic) bond motifs is 1. The van der Waals surface area contributed by atoms with Gasteiger partial charge in [0, 0.05) is 4.88 Å². The lowest BCUT2D eigenvalue weighted by atomic mass is 10.2. The number of nitrogens with two attached hydrogens (primary N) is 1. The molecule has 0 saturated carbocycles. The molecule has 0 aromatic carbocycles. The molecule has 1 atom stereocenters. The molecular weight excluding hydrogens is 422 g/mol. The van der Waals surface area contributed by atoms with Crippen molar-refractivity contribution >= 4 is 39.9 Å². The van der Waals surface area contributed by atoms with E-state index in [-0.39, 0.29) is 41.3 Å². The minimum Gasteiger partial charge on any atom is -0.442 e. The van der Waals surface area contributed by atoms with Crippen molar-refractivity contribution in [2.75, 3.05) is 0 Å². The quantitative estimate of drug-likeness (QED) is 0.452. The van der Waals surface area contributed by atoms with Crippen LogP contribution in [0.4, 0.5) is 0 Å². The van der Waals surface area contributed by atoms with Crippen molar-refractivity contribution in [3.05, 3.63) is 55.2 Å². The van der Waals surface area contributed by atoms with Gasteiger partial charge in [-0.25, -0.2) is 4.98 Å². The van der Waals surface area contributed by atoms with Gasteiger partial charge in [0.15, 0.2) is 5.82 Å². The molecule has 13 heteroatoms. The lowest BCUT2D eigenvalue weighted by molar-refractivity contribution is 0.1000. The van der Waals surface area contributed by atoms with Gasteiger partial charge in [0.25, 0.3) is 11.5 Å². The number of nitrogens with zero attached hydrogens (tertiary/aromatic N) is 6. The number of aliphatic hydroxyl groups excluding tert-OH is 1. The number of aromatic nitrogens is 6. The number of hydrogen-bond donors (Lipinski definition) is 2.